The highest BCUT2D eigenvalue weighted by atomic mass is 32.2. The fraction of sp³-hybridized carbons (Fsp3) is 0.235. The summed E-state index contributed by atoms with van der Waals surface area (Å²) < 4.78 is 28.8. The van der Waals surface area contributed by atoms with E-state index in [1.165, 1.54) is 35.2 Å². The van der Waals surface area contributed by atoms with Crippen molar-refractivity contribution in [3.8, 4) is 5.75 Å². The van der Waals surface area contributed by atoms with Crippen LogP contribution in [0.2, 0.25) is 0 Å². The summed E-state index contributed by atoms with van der Waals surface area (Å²) in [5, 5.41) is 19.7. The van der Waals surface area contributed by atoms with Crippen LogP contribution in [0.15, 0.2) is 102 Å². The summed E-state index contributed by atoms with van der Waals surface area (Å²) in [4.78, 5) is 27.3. The minimum atomic E-state index is -4.09. The Morgan fingerprint density at radius 1 is 0.791 bits per heavy atom. The molecular formula is C34H36N2O6S. The van der Waals surface area contributed by atoms with E-state index in [2.05, 4.69) is 13.8 Å². The van der Waals surface area contributed by atoms with E-state index < -0.39 is 34.2 Å². The van der Waals surface area contributed by atoms with Crippen LogP contribution in [-0.4, -0.2) is 41.4 Å². The molecule has 0 unspecified atom stereocenters. The summed E-state index contributed by atoms with van der Waals surface area (Å²) in [5.74, 6) is -1.87. The smallest absolute Gasteiger partial charge is 0.339 e. The van der Waals surface area contributed by atoms with Gasteiger partial charge in [-0.25, -0.2) is 13.2 Å². The number of carboxylic acid groups (broad SMARTS) is 1. The van der Waals surface area contributed by atoms with Crippen LogP contribution < -0.4 is 4.90 Å². The maximum Gasteiger partial charge on any atom is 0.339 e. The van der Waals surface area contributed by atoms with E-state index >= 15 is 0 Å². The van der Waals surface area contributed by atoms with Gasteiger partial charge in [0.25, 0.3) is 0 Å². The van der Waals surface area contributed by atoms with E-state index in [1.807, 2.05) is 37.3 Å². The van der Waals surface area contributed by atoms with Gasteiger partial charge in [-0.3, -0.25) is 4.79 Å². The average Bonchev–Trinajstić information content (AvgIpc) is 2.97. The minimum Gasteiger partial charge on any atom is -0.507 e. The number of sulfonamides is 1. The van der Waals surface area contributed by atoms with Crippen LogP contribution in [0.3, 0.4) is 0 Å². The summed E-state index contributed by atoms with van der Waals surface area (Å²) in [6.07, 6.45) is 0.897. The lowest BCUT2D eigenvalue weighted by Gasteiger charge is -2.28. The molecular weight excluding hydrogens is 564 g/mol. The lowest BCUT2D eigenvalue weighted by atomic mass is 10.0. The van der Waals surface area contributed by atoms with E-state index in [0.717, 1.165) is 27.4 Å². The van der Waals surface area contributed by atoms with Crippen molar-refractivity contribution in [1.29, 1.82) is 0 Å². The van der Waals surface area contributed by atoms with Gasteiger partial charge in [-0.15, -0.1) is 0 Å². The van der Waals surface area contributed by atoms with Gasteiger partial charge in [0.15, 0.2) is 0 Å². The Morgan fingerprint density at radius 3 is 2.00 bits per heavy atom. The first-order chi connectivity index (χ1) is 20.4. The molecule has 0 saturated carbocycles. The van der Waals surface area contributed by atoms with Crippen molar-refractivity contribution in [2.75, 3.05) is 11.4 Å². The van der Waals surface area contributed by atoms with Gasteiger partial charge in [0, 0.05) is 12.2 Å². The van der Waals surface area contributed by atoms with Crippen LogP contribution in [0, 0.1) is 12.8 Å². The number of nitrogens with zero attached hydrogens (tertiary/aromatic N) is 2. The summed E-state index contributed by atoms with van der Waals surface area (Å²) >= 11 is 0. The van der Waals surface area contributed by atoms with Crippen molar-refractivity contribution in [1.82, 2.24) is 4.31 Å². The summed E-state index contributed by atoms with van der Waals surface area (Å²) in [6.45, 7) is 5.64. The second-order valence-corrected chi connectivity index (χ2v) is 12.9. The first kappa shape index (κ1) is 31.5. The Morgan fingerprint density at radius 2 is 1.40 bits per heavy atom. The Kier molecular flexibility index (Phi) is 10.0. The van der Waals surface area contributed by atoms with Crippen LogP contribution in [0.1, 0.15) is 46.5 Å². The molecule has 224 valence electrons. The molecule has 9 heteroatoms. The van der Waals surface area contributed by atoms with Crippen molar-refractivity contribution in [3.63, 3.8) is 0 Å². The van der Waals surface area contributed by atoms with Crippen molar-refractivity contribution in [2.45, 2.75) is 45.2 Å². The Hall–Kier alpha value is -4.47. The molecule has 0 aliphatic carbocycles. The van der Waals surface area contributed by atoms with E-state index in [-0.39, 0.29) is 29.2 Å². The summed E-state index contributed by atoms with van der Waals surface area (Å²) in [6, 6.07) is 27.1. The van der Waals surface area contributed by atoms with Crippen LogP contribution >= 0.6 is 0 Å². The molecule has 43 heavy (non-hydrogen) atoms. The molecule has 0 spiro atoms. The number of rotatable bonds is 12. The zero-order valence-corrected chi connectivity index (χ0v) is 25.3. The van der Waals surface area contributed by atoms with Crippen molar-refractivity contribution in [3.05, 3.63) is 125 Å². The lowest BCUT2D eigenvalue weighted by molar-refractivity contribution is -0.119. The molecule has 0 saturated heterocycles. The van der Waals surface area contributed by atoms with Crippen molar-refractivity contribution >= 4 is 27.6 Å². The van der Waals surface area contributed by atoms with E-state index in [4.69, 9.17) is 0 Å². The first-order valence-corrected chi connectivity index (χ1v) is 15.4. The Balaban J connectivity index is 1.73. The number of hydrogen-bond acceptors (Lipinski definition) is 5. The third kappa shape index (κ3) is 8.09. The van der Waals surface area contributed by atoms with Gasteiger partial charge in [-0.2, -0.15) is 4.31 Å². The molecule has 0 atom stereocenters. The van der Waals surface area contributed by atoms with Gasteiger partial charge >= 0.3 is 5.97 Å². The number of anilines is 1. The van der Waals surface area contributed by atoms with E-state index in [9.17, 15) is 28.2 Å². The third-order valence-corrected chi connectivity index (χ3v) is 8.81. The van der Waals surface area contributed by atoms with Gasteiger partial charge in [-0.1, -0.05) is 86.1 Å². The van der Waals surface area contributed by atoms with Gasteiger partial charge < -0.3 is 15.1 Å². The molecule has 0 bridgehead atoms. The van der Waals surface area contributed by atoms with E-state index in [0.29, 0.717) is 11.5 Å². The predicted octanol–water partition coefficient (Wildman–Crippen LogP) is 6.02. The summed E-state index contributed by atoms with van der Waals surface area (Å²) in [5.41, 5.74) is 3.39. The normalized spacial score (nSPS) is 11.6. The number of aromatic carboxylic acids is 1. The SMILES string of the molecule is Cc1ccc(S(=O)(=O)N(CC(=O)N(Cc2ccc(CC(C)C)cc2)c2ccc(O)c(C(=O)O)c2)Cc2ccccc2)cc1. The number of aryl methyl sites for hydroxylation is 1. The zero-order chi connectivity index (χ0) is 31.1. The van der Waals surface area contributed by atoms with Crippen LogP contribution in [0.5, 0.6) is 5.75 Å². The van der Waals surface area contributed by atoms with Crippen molar-refractivity contribution < 1.29 is 28.2 Å². The second kappa shape index (κ2) is 13.7. The summed E-state index contributed by atoms with van der Waals surface area (Å²) in [7, 11) is -4.09. The monoisotopic (exact) mass is 600 g/mol. The molecule has 0 aliphatic heterocycles. The van der Waals surface area contributed by atoms with Gasteiger partial charge in [0.2, 0.25) is 15.9 Å². The molecule has 4 aromatic rings. The van der Waals surface area contributed by atoms with Gasteiger partial charge in [0.1, 0.15) is 11.3 Å². The molecule has 0 fully saturated rings. The largest absolute Gasteiger partial charge is 0.507 e. The Labute approximate surface area is 252 Å². The van der Waals surface area contributed by atoms with Gasteiger partial charge in [0.05, 0.1) is 18.0 Å². The topological polar surface area (TPSA) is 115 Å². The molecule has 0 aliphatic rings. The number of benzene rings is 4. The maximum absolute atomic E-state index is 14.1. The highest BCUT2D eigenvalue weighted by Gasteiger charge is 2.30. The van der Waals surface area contributed by atoms with Crippen LogP contribution in [-0.2, 0) is 34.3 Å². The molecule has 4 rings (SSSR count). The van der Waals surface area contributed by atoms with E-state index in [1.54, 1.807) is 36.4 Å². The number of aromatic hydroxyl groups is 1. The maximum atomic E-state index is 14.1. The fourth-order valence-corrected chi connectivity index (χ4v) is 6.11. The van der Waals surface area contributed by atoms with Crippen LogP contribution in [0.25, 0.3) is 0 Å². The molecule has 0 heterocycles. The molecule has 0 radical (unpaired) electrons. The standard InChI is InChI=1S/C34H36N2O6S/c1-24(2)19-26-11-13-28(14-12-26)22-36(29-15-18-32(37)31(20-29)34(39)40)33(38)23-35(21-27-7-5-4-6-8-27)43(41,42)30-16-9-25(3)10-17-30/h4-18,20,24,37H,19,21-23H2,1-3H3,(H,39,40). The average molecular weight is 601 g/mol. The number of carbonyl (C=O) groups is 2. The number of hydrogen-bond donors (Lipinski definition) is 2. The molecule has 2 N–H and O–H groups in total. The highest BCUT2D eigenvalue weighted by molar-refractivity contribution is 7.89. The fourth-order valence-electron chi connectivity index (χ4n) is 4.73. The number of carbonyl (C=O) groups excluding carboxylic acids is 1. The molecule has 8 nitrogen and oxygen atoms in total. The third-order valence-electron chi connectivity index (χ3n) is 7.00. The second-order valence-electron chi connectivity index (χ2n) is 11.0. The van der Waals surface area contributed by atoms with Crippen molar-refractivity contribution in [2.24, 2.45) is 5.92 Å². The number of phenols is 1. The quantitative estimate of drug-likeness (QED) is 0.205. The molecule has 0 aromatic heterocycles. The molecule has 4 aromatic carbocycles. The van der Waals surface area contributed by atoms with Gasteiger partial charge in [-0.05, 0) is 66.3 Å². The number of amides is 1. The lowest BCUT2D eigenvalue weighted by Crippen LogP contribution is -2.42. The number of carboxylic acids is 1. The first-order valence-electron chi connectivity index (χ1n) is 14.0. The zero-order valence-electron chi connectivity index (χ0n) is 24.5. The molecule has 1 amide bonds. The Bertz CT molecular complexity index is 1670. The van der Waals surface area contributed by atoms with Crippen LogP contribution in [0.4, 0.5) is 5.69 Å². The highest BCUT2D eigenvalue weighted by Crippen LogP contribution is 2.27. The minimum absolute atomic E-state index is 0.0452. The predicted molar refractivity (Wildman–Crippen MR) is 166 cm³/mol.